The summed E-state index contributed by atoms with van der Waals surface area (Å²) in [7, 11) is -0.0613. The van der Waals surface area contributed by atoms with E-state index in [2.05, 4.69) is 34.6 Å². The minimum atomic E-state index is -4.05. The molecule has 0 spiro atoms. The molecule has 0 bridgehead atoms. The average molecular weight is 622 g/mol. The molecule has 4 fully saturated rings. The van der Waals surface area contributed by atoms with Crippen molar-refractivity contribution < 1.29 is 13.5 Å². The van der Waals surface area contributed by atoms with Gasteiger partial charge in [-0.2, -0.15) is 0 Å². The normalized spacial score (nSPS) is 37.8. The Labute approximate surface area is 268 Å². The number of anilines is 1. The quantitative estimate of drug-likeness (QED) is 0.319. The van der Waals surface area contributed by atoms with E-state index in [-0.39, 0.29) is 11.8 Å². The van der Waals surface area contributed by atoms with Gasteiger partial charge in [0.05, 0.1) is 4.90 Å². The van der Waals surface area contributed by atoms with Crippen molar-refractivity contribution in [3.8, 4) is 0 Å². The minimum Gasteiger partial charge on any atom is -0.377 e. The first-order chi connectivity index (χ1) is 20.8. The summed E-state index contributed by atoms with van der Waals surface area (Å²) in [5, 5.41) is 14.6. The second-order valence-electron chi connectivity index (χ2n) is 16.7. The lowest BCUT2D eigenvalue weighted by atomic mass is 9.43. The molecule has 244 valence electrons. The van der Waals surface area contributed by atoms with Gasteiger partial charge < -0.3 is 10.0 Å². The summed E-state index contributed by atoms with van der Waals surface area (Å²) in [5.41, 5.74) is 0.694. The van der Waals surface area contributed by atoms with Crippen molar-refractivity contribution in [2.45, 2.75) is 121 Å². The van der Waals surface area contributed by atoms with Gasteiger partial charge in [-0.1, -0.05) is 78.1 Å². The second-order valence-corrected chi connectivity index (χ2v) is 18.8. The molecule has 2 aromatic rings. The monoisotopic (exact) mass is 621 g/mol. The third kappa shape index (κ3) is 4.71. The Balaban J connectivity index is 1.36. The van der Waals surface area contributed by atoms with E-state index < -0.39 is 20.2 Å². The summed E-state index contributed by atoms with van der Waals surface area (Å²) in [5.74, 6) is 3.94. The zero-order chi connectivity index (χ0) is 31.7. The van der Waals surface area contributed by atoms with Crippen LogP contribution in [0.15, 0.2) is 41.3 Å². The van der Waals surface area contributed by atoms with E-state index in [1.807, 2.05) is 49.3 Å². The maximum absolute atomic E-state index is 15.1. The zero-order valence-corrected chi connectivity index (χ0v) is 29.4. The summed E-state index contributed by atoms with van der Waals surface area (Å²) < 4.78 is 30.1. The first-order valence-electron chi connectivity index (χ1n) is 17.9. The summed E-state index contributed by atoms with van der Waals surface area (Å²) in [6.07, 6.45) is 13.2. The predicted molar refractivity (Wildman–Crippen MR) is 183 cm³/mol. The molecule has 0 amide bonds. The standard InChI is InChI=1S/C39H59NO3S/c1-26(2)12-8-13-27(3)32-21-22-33-31-20-19-28-14-11-24-39(41,38(28,5)34(31)23-25-37(32,33)4)44(42,43)36-18-10-15-29-30(36)16-9-17-35(29)40(6)7/h9-10,15-18,26-28,31-34,41H,8,11-14,19-25H2,1-7H3/t27-,28?,31+,32-,33+,34+,37-,38+,39?/m1/s1. The Morgan fingerprint density at radius 3 is 2.32 bits per heavy atom. The molecule has 0 aromatic heterocycles. The van der Waals surface area contributed by atoms with Crippen molar-refractivity contribution in [1.82, 2.24) is 0 Å². The van der Waals surface area contributed by atoms with Crippen LogP contribution in [0.3, 0.4) is 0 Å². The minimum absolute atomic E-state index is 0.251. The van der Waals surface area contributed by atoms with E-state index in [0.717, 1.165) is 59.9 Å². The van der Waals surface area contributed by atoms with Gasteiger partial charge in [0.2, 0.25) is 9.84 Å². The molecule has 0 radical (unpaired) electrons. The van der Waals surface area contributed by atoms with Crippen LogP contribution >= 0.6 is 0 Å². The first-order valence-corrected chi connectivity index (χ1v) is 19.4. The van der Waals surface area contributed by atoms with Gasteiger partial charge in [-0.25, -0.2) is 8.42 Å². The lowest BCUT2D eigenvalue weighted by Gasteiger charge is -2.64. The van der Waals surface area contributed by atoms with Gasteiger partial charge in [0, 0.05) is 36.0 Å². The molecule has 6 rings (SSSR count). The molecule has 9 atom stereocenters. The molecule has 0 saturated heterocycles. The number of hydrogen-bond donors (Lipinski definition) is 1. The molecule has 0 heterocycles. The molecule has 44 heavy (non-hydrogen) atoms. The van der Waals surface area contributed by atoms with Crippen molar-refractivity contribution in [2.24, 2.45) is 52.3 Å². The fourth-order valence-electron chi connectivity index (χ4n) is 11.9. The maximum atomic E-state index is 15.1. The van der Waals surface area contributed by atoms with E-state index in [1.165, 1.54) is 44.9 Å². The van der Waals surface area contributed by atoms with Crippen molar-refractivity contribution in [2.75, 3.05) is 19.0 Å². The molecule has 2 aromatic carbocycles. The third-order valence-electron chi connectivity index (χ3n) is 14.1. The van der Waals surface area contributed by atoms with Crippen molar-refractivity contribution in [3.05, 3.63) is 36.4 Å². The Hall–Kier alpha value is -1.59. The predicted octanol–water partition coefficient (Wildman–Crippen LogP) is 9.49. The molecular weight excluding hydrogens is 563 g/mol. The van der Waals surface area contributed by atoms with Gasteiger partial charge in [0.1, 0.15) is 0 Å². The highest BCUT2D eigenvalue weighted by Crippen LogP contribution is 2.71. The van der Waals surface area contributed by atoms with E-state index in [1.54, 1.807) is 6.07 Å². The maximum Gasteiger partial charge on any atom is 0.208 e. The lowest BCUT2D eigenvalue weighted by molar-refractivity contribution is -0.182. The second kappa shape index (κ2) is 11.6. The third-order valence-corrected chi connectivity index (χ3v) is 16.6. The number of hydrogen-bond acceptors (Lipinski definition) is 4. The summed E-state index contributed by atoms with van der Waals surface area (Å²) >= 11 is 0. The number of aliphatic hydroxyl groups is 1. The van der Waals surface area contributed by atoms with Crippen LogP contribution in [0.4, 0.5) is 5.69 Å². The van der Waals surface area contributed by atoms with Crippen molar-refractivity contribution in [1.29, 1.82) is 0 Å². The molecule has 2 unspecified atom stereocenters. The fraction of sp³-hybridized carbons (Fsp3) is 0.744. The van der Waals surface area contributed by atoms with Crippen LogP contribution in [0.1, 0.15) is 112 Å². The molecule has 5 heteroatoms. The first kappa shape index (κ1) is 32.4. The van der Waals surface area contributed by atoms with Crippen LogP contribution in [0.5, 0.6) is 0 Å². The number of sulfone groups is 1. The highest BCUT2D eigenvalue weighted by Gasteiger charge is 2.69. The summed E-state index contributed by atoms with van der Waals surface area (Å²) in [6.45, 7) is 12.0. The Kier molecular flexibility index (Phi) is 8.52. The Morgan fingerprint density at radius 1 is 0.864 bits per heavy atom. The van der Waals surface area contributed by atoms with Crippen LogP contribution in [0.2, 0.25) is 0 Å². The zero-order valence-electron chi connectivity index (χ0n) is 28.6. The fourth-order valence-corrected chi connectivity index (χ4v) is 14.3. The molecule has 4 saturated carbocycles. The summed E-state index contributed by atoms with van der Waals surface area (Å²) in [4.78, 5) is 0.586. The smallest absolute Gasteiger partial charge is 0.208 e. The van der Waals surface area contributed by atoms with E-state index in [0.29, 0.717) is 28.6 Å². The van der Waals surface area contributed by atoms with Gasteiger partial charge in [0.15, 0.2) is 4.93 Å². The Morgan fingerprint density at radius 2 is 1.59 bits per heavy atom. The number of benzene rings is 2. The highest BCUT2D eigenvalue weighted by molar-refractivity contribution is 7.93. The van der Waals surface area contributed by atoms with Crippen LogP contribution in [0, 0.1) is 52.3 Å². The average Bonchev–Trinajstić information content (AvgIpc) is 3.34. The topological polar surface area (TPSA) is 57.6 Å². The number of nitrogens with zero attached hydrogens (tertiary/aromatic N) is 1. The van der Waals surface area contributed by atoms with Gasteiger partial charge in [-0.15, -0.1) is 0 Å². The number of rotatable bonds is 8. The molecule has 4 aliphatic rings. The van der Waals surface area contributed by atoms with Crippen molar-refractivity contribution >= 4 is 26.3 Å². The van der Waals surface area contributed by atoms with Crippen LogP contribution in [-0.4, -0.2) is 32.6 Å². The van der Waals surface area contributed by atoms with E-state index >= 15 is 8.42 Å². The van der Waals surface area contributed by atoms with E-state index in [9.17, 15) is 5.11 Å². The molecule has 4 aliphatic carbocycles. The van der Waals surface area contributed by atoms with Gasteiger partial charge in [-0.3, -0.25) is 0 Å². The SMILES string of the molecule is CC(C)CCC[C@@H](C)[C@H]1CC[C@H]2[C@@H]3CCC4CCCC(O)(S(=O)(=O)c5cccc6c(N(C)C)cccc56)[C@]4(C)[C@H]3CC[C@]12C. The summed E-state index contributed by atoms with van der Waals surface area (Å²) in [6, 6.07) is 11.5. The van der Waals surface area contributed by atoms with Crippen LogP contribution in [0.25, 0.3) is 10.8 Å². The molecule has 1 N–H and O–H groups in total. The molecule has 0 aliphatic heterocycles. The Bertz CT molecular complexity index is 1470. The number of fused-ring (bicyclic) bond motifs is 6. The molecule has 4 nitrogen and oxygen atoms in total. The largest absolute Gasteiger partial charge is 0.377 e. The van der Waals surface area contributed by atoms with Gasteiger partial charge in [0.25, 0.3) is 0 Å². The van der Waals surface area contributed by atoms with Gasteiger partial charge in [-0.05, 0) is 117 Å². The van der Waals surface area contributed by atoms with Gasteiger partial charge >= 0.3 is 0 Å². The van der Waals surface area contributed by atoms with Crippen molar-refractivity contribution in [3.63, 3.8) is 0 Å². The van der Waals surface area contributed by atoms with E-state index in [4.69, 9.17) is 0 Å². The molecular formula is C39H59NO3S. The van der Waals surface area contributed by atoms with Crippen LogP contribution < -0.4 is 4.90 Å². The highest BCUT2D eigenvalue weighted by atomic mass is 32.2. The van der Waals surface area contributed by atoms with Crippen LogP contribution in [-0.2, 0) is 9.84 Å². The lowest BCUT2D eigenvalue weighted by Crippen LogP contribution is -2.66.